The van der Waals surface area contributed by atoms with Crippen LogP contribution in [0.1, 0.15) is 5.89 Å². The van der Waals surface area contributed by atoms with Crippen LogP contribution in [0.4, 0.5) is 0 Å². The SMILES string of the molecule is NCCc1nc(-c2cc(Br)cs2)co1. The summed E-state index contributed by atoms with van der Waals surface area (Å²) in [7, 11) is 0. The fourth-order valence-corrected chi connectivity index (χ4v) is 2.49. The average Bonchev–Trinajstić information content (AvgIpc) is 2.74. The highest BCUT2D eigenvalue weighted by molar-refractivity contribution is 9.10. The van der Waals surface area contributed by atoms with Crippen LogP contribution in [0.3, 0.4) is 0 Å². The molecule has 5 heteroatoms. The highest BCUT2D eigenvalue weighted by Crippen LogP contribution is 2.29. The summed E-state index contributed by atoms with van der Waals surface area (Å²) in [5, 5.41) is 2.02. The van der Waals surface area contributed by atoms with E-state index in [1.165, 1.54) is 0 Å². The first kappa shape index (κ1) is 9.89. The zero-order valence-corrected chi connectivity index (χ0v) is 9.77. The summed E-state index contributed by atoms with van der Waals surface area (Å²) in [6.45, 7) is 0.564. The molecule has 2 aromatic heterocycles. The predicted octanol–water partition coefficient (Wildman–Crippen LogP) is 2.67. The van der Waals surface area contributed by atoms with Gasteiger partial charge in [0, 0.05) is 22.8 Å². The first-order valence-electron chi connectivity index (χ1n) is 4.18. The van der Waals surface area contributed by atoms with E-state index in [0.29, 0.717) is 18.9 Å². The quantitative estimate of drug-likeness (QED) is 0.935. The minimum atomic E-state index is 0.564. The molecule has 2 aromatic rings. The van der Waals surface area contributed by atoms with Gasteiger partial charge in [0.15, 0.2) is 5.89 Å². The maximum atomic E-state index is 5.41. The fourth-order valence-electron chi connectivity index (χ4n) is 1.11. The Morgan fingerprint density at radius 1 is 1.57 bits per heavy atom. The van der Waals surface area contributed by atoms with E-state index >= 15 is 0 Å². The summed E-state index contributed by atoms with van der Waals surface area (Å²) in [6, 6.07) is 2.02. The predicted molar refractivity (Wildman–Crippen MR) is 60.3 cm³/mol. The Kier molecular flexibility index (Phi) is 3.00. The highest BCUT2D eigenvalue weighted by Gasteiger charge is 2.07. The number of hydrogen-bond donors (Lipinski definition) is 1. The molecule has 0 atom stereocenters. The van der Waals surface area contributed by atoms with E-state index in [2.05, 4.69) is 20.9 Å². The van der Waals surface area contributed by atoms with Gasteiger partial charge in [0.05, 0.1) is 4.88 Å². The van der Waals surface area contributed by atoms with Crippen molar-refractivity contribution >= 4 is 27.3 Å². The van der Waals surface area contributed by atoms with E-state index in [1.54, 1.807) is 17.6 Å². The summed E-state index contributed by atoms with van der Waals surface area (Å²) < 4.78 is 6.34. The van der Waals surface area contributed by atoms with E-state index < -0.39 is 0 Å². The van der Waals surface area contributed by atoms with Gasteiger partial charge in [0.25, 0.3) is 0 Å². The molecule has 0 bridgehead atoms. The van der Waals surface area contributed by atoms with Gasteiger partial charge in [-0.15, -0.1) is 11.3 Å². The third kappa shape index (κ3) is 2.05. The molecular formula is C9H9BrN2OS. The number of nitrogens with zero attached hydrogens (tertiary/aromatic N) is 1. The van der Waals surface area contributed by atoms with Crippen LogP contribution in [0.2, 0.25) is 0 Å². The standard InChI is InChI=1S/C9H9BrN2OS/c10-6-3-8(14-5-6)7-4-13-9(12-7)1-2-11/h3-5H,1-2,11H2. The number of rotatable bonds is 3. The number of aromatic nitrogens is 1. The van der Waals surface area contributed by atoms with Gasteiger partial charge < -0.3 is 10.2 Å². The second kappa shape index (κ2) is 4.25. The van der Waals surface area contributed by atoms with E-state index in [0.717, 1.165) is 15.0 Å². The van der Waals surface area contributed by atoms with Gasteiger partial charge >= 0.3 is 0 Å². The molecule has 0 aliphatic rings. The molecule has 74 valence electrons. The van der Waals surface area contributed by atoms with Crippen molar-refractivity contribution in [1.29, 1.82) is 0 Å². The number of oxazole rings is 1. The molecule has 0 saturated heterocycles. The van der Waals surface area contributed by atoms with Gasteiger partial charge in [-0.25, -0.2) is 4.98 Å². The summed E-state index contributed by atoms with van der Waals surface area (Å²) in [4.78, 5) is 5.43. The van der Waals surface area contributed by atoms with E-state index in [4.69, 9.17) is 10.2 Å². The van der Waals surface area contributed by atoms with Crippen LogP contribution < -0.4 is 5.73 Å². The average molecular weight is 273 g/mol. The summed E-state index contributed by atoms with van der Waals surface area (Å²) >= 11 is 5.03. The lowest BCUT2D eigenvalue weighted by Gasteiger charge is -1.87. The molecule has 14 heavy (non-hydrogen) atoms. The molecule has 0 saturated carbocycles. The van der Waals surface area contributed by atoms with Crippen molar-refractivity contribution in [1.82, 2.24) is 4.98 Å². The molecule has 0 aromatic carbocycles. The first-order chi connectivity index (χ1) is 6.79. The largest absolute Gasteiger partial charge is 0.448 e. The van der Waals surface area contributed by atoms with Crippen LogP contribution in [-0.2, 0) is 6.42 Å². The van der Waals surface area contributed by atoms with Gasteiger partial charge in [-0.2, -0.15) is 0 Å². The van der Waals surface area contributed by atoms with Crippen molar-refractivity contribution in [2.45, 2.75) is 6.42 Å². The van der Waals surface area contributed by atoms with Gasteiger partial charge in [0.2, 0.25) is 0 Å². The van der Waals surface area contributed by atoms with Crippen LogP contribution in [0.15, 0.2) is 26.6 Å². The molecule has 0 amide bonds. The molecule has 0 aliphatic heterocycles. The lowest BCUT2D eigenvalue weighted by Crippen LogP contribution is -2.02. The van der Waals surface area contributed by atoms with Gasteiger partial charge in [-0.3, -0.25) is 0 Å². The van der Waals surface area contributed by atoms with Crippen LogP contribution in [0.25, 0.3) is 10.6 Å². The molecule has 0 aliphatic carbocycles. The van der Waals surface area contributed by atoms with Crippen molar-refractivity contribution < 1.29 is 4.42 Å². The topological polar surface area (TPSA) is 52.0 Å². The van der Waals surface area contributed by atoms with Crippen LogP contribution >= 0.6 is 27.3 Å². The third-order valence-electron chi connectivity index (χ3n) is 1.73. The maximum absolute atomic E-state index is 5.41. The molecule has 2 heterocycles. The van der Waals surface area contributed by atoms with Gasteiger partial charge in [-0.1, -0.05) is 0 Å². The number of hydrogen-bond acceptors (Lipinski definition) is 4. The molecule has 0 radical (unpaired) electrons. The lowest BCUT2D eigenvalue weighted by atomic mass is 10.4. The summed E-state index contributed by atoms with van der Waals surface area (Å²) in [6.07, 6.45) is 2.36. The van der Waals surface area contributed by atoms with Crippen molar-refractivity contribution in [3.05, 3.63) is 28.1 Å². The lowest BCUT2D eigenvalue weighted by molar-refractivity contribution is 0.496. The van der Waals surface area contributed by atoms with Crippen LogP contribution in [0, 0.1) is 0 Å². The molecule has 2 rings (SSSR count). The van der Waals surface area contributed by atoms with Gasteiger partial charge in [0.1, 0.15) is 12.0 Å². The van der Waals surface area contributed by atoms with E-state index in [1.807, 2.05) is 11.4 Å². The Bertz CT molecular complexity index is 424. The van der Waals surface area contributed by atoms with Gasteiger partial charge in [-0.05, 0) is 22.0 Å². The molecule has 0 spiro atoms. The molecular weight excluding hydrogens is 264 g/mol. The Morgan fingerprint density at radius 3 is 3.07 bits per heavy atom. The van der Waals surface area contributed by atoms with Crippen molar-refractivity contribution in [2.24, 2.45) is 5.73 Å². The number of thiophene rings is 1. The minimum Gasteiger partial charge on any atom is -0.448 e. The number of nitrogens with two attached hydrogens (primary N) is 1. The smallest absolute Gasteiger partial charge is 0.195 e. The van der Waals surface area contributed by atoms with Crippen LogP contribution in [-0.4, -0.2) is 11.5 Å². The number of halogens is 1. The zero-order valence-electron chi connectivity index (χ0n) is 7.37. The Balaban J connectivity index is 2.24. The second-order valence-electron chi connectivity index (χ2n) is 2.79. The first-order valence-corrected chi connectivity index (χ1v) is 5.86. The third-order valence-corrected chi connectivity index (χ3v) is 3.44. The molecule has 3 nitrogen and oxygen atoms in total. The zero-order chi connectivity index (χ0) is 9.97. The van der Waals surface area contributed by atoms with E-state index in [-0.39, 0.29) is 0 Å². The normalized spacial score (nSPS) is 10.7. The second-order valence-corrected chi connectivity index (χ2v) is 4.62. The van der Waals surface area contributed by atoms with Crippen molar-refractivity contribution in [3.8, 4) is 10.6 Å². The van der Waals surface area contributed by atoms with E-state index in [9.17, 15) is 0 Å². The van der Waals surface area contributed by atoms with Crippen molar-refractivity contribution in [2.75, 3.05) is 6.54 Å². The molecule has 0 fully saturated rings. The summed E-state index contributed by atoms with van der Waals surface area (Å²) in [5.74, 6) is 0.701. The molecule has 2 N–H and O–H groups in total. The Labute approximate surface area is 94.1 Å². The Hall–Kier alpha value is -0.650. The monoisotopic (exact) mass is 272 g/mol. The van der Waals surface area contributed by atoms with Crippen LogP contribution in [0.5, 0.6) is 0 Å². The maximum Gasteiger partial charge on any atom is 0.195 e. The minimum absolute atomic E-state index is 0.564. The summed E-state index contributed by atoms with van der Waals surface area (Å²) in [5.41, 5.74) is 6.29. The highest BCUT2D eigenvalue weighted by atomic mass is 79.9. The fraction of sp³-hybridized carbons (Fsp3) is 0.222. The molecule has 0 unspecified atom stereocenters. The van der Waals surface area contributed by atoms with Crippen molar-refractivity contribution in [3.63, 3.8) is 0 Å². The Morgan fingerprint density at radius 2 is 2.43 bits per heavy atom.